The molecule has 3 aromatic carbocycles. The quantitative estimate of drug-likeness (QED) is 0.594. The molecule has 166 valence electrons. The maximum absolute atomic E-state index is 12.8. The molecule has 0 aliphatic carbocycles. The number of carbonyl (C=O) groups excluding carboxylic acids is 1. The molecule has 0 aromatic heterocycles. The normalized spacial score (nSPS) is 13.2. The minimum atomic E-state index is -3.82. The molecular formula is C24H24N2O5S. The summed E-state index contributed by atoms with van der Waals surface area (Å²) in [5.41, 5.74) is 3.50. The lowest BCUT2D eigenvalue weighted by atomic mass is 10.0. The molecule has 0 radical (unpaired) electrons. The molecule has 0 saturated carbocycles. The fourth-order valence-electron chi connectivity index (χ4n) is 3.34. The van der Waals surface area contributed by atoms with Crippen molar-refractivity contribution in [1.82, 2.24) is 0 Å². The Bertz CT molecular complexity index is 1250. The highest BCUT2D eigenvalue weighted by Crippen LogP contribution is 2.32. The van der Waals surface area contributed by atoms with Crippen molar-refractivity contribution in [2.75, 3.05) is 23.3 Å². The molecule has 0 unspecified atom stereocenters. The predicted molar refractivity (Wildman–Crippen MR) is 123 cm³/mol. The minimum absolute atomic E-state index is 0.0778. The maximum Gasteiger partial charge on any atom is 0.262 e. The second-order valence-electron chi connectivity index (χ2n) is 7.54. The summed E-state index contributed by atoms with van der Waals surface area (Å²) in [6.07, 6.45) is 0.737. The second kappa shape index (κ2) is 8.92. The summed E-state index contributed by atoms with van der Waals surface area (Å²) in [4.78, 5) is 12.7. The van der Waals surface area contributed by atoms with E-state index in [9.17, 15) is 13.2 Å². The third-order valence-corrected chi connectivity index (χ3v) is 6.65. The highest BCUT2D eigenvalue weighted by atomic mass is 32.2. The molecule has 0 bridgehead atoms. The first kappa shape index (κ1) is 21.7. The van der Waals surface area contributed by atoms with Gasteiger partial charge in [-0.25, -0.2) is 8.42 Å². The average Bonchev–Trinajstić information content (AvgIpc) is 3.01. The lowest BCUT2D eigenvalue weighted by Gasteiger charge is -2.12. The van der Waals surface area contributed by atoms with E-state index in [0.717, 1.165) is 17.5 Å². The van der Waals surface area contributed by atoms with E-state index in [4.69, 9.17) is 9.47 Å². The number of aryl methyl sites for hydroxylation is 1. The predicted octanol–water partition coefficient (Wildman–Crippen LogP) is 4.52. The fraction of sp³-hybridized carbons (Fsp3) is 0.208. The number of fused-ring (bicyclic) bond motifs is 1. The van der Waals surface area contributed by atoms with E-state index in [2.05, 4.69) is 10.0 Å². The van der Waals surface area contributed by atoms with Crippen LogP contribution < -0.4 is 19.5 Å². The standard InChI is InChI=1S/C24H24N2O5S/c1-16-5-3-6-21(17(16)2)24(27)25-18-7-9-19(10-8-18)26-32(28,29)20-11-12-22-23(15-20)31-14-4-13-30-22/h3,5-12,15,26H,4,13-14H2,1-2H3,(H,25,27). The molecule has 1 aliphatic heterocycles. The summed E-state index contributed by atoms with van der Waals surface area (Å²) in [6.45, 7) is 4.86. The zero-order valence-corrected chi connectivity index (χ0v) is 18.7. The van der Waals surface area contributed by atoms with Crippen LogP contribution in [0.3, 0.4) is 0 Å². The van der Waals surface area contributed by atoms with Gasteiger partial charge in [0.25, 0.3) is 15.9 Å². The van der Waals surface area contributed by atoms with Crippen LogP contribution in [0.25, 0.3) is 0 Å². The molecule has 0 spiro atoms. The van der Waals surface area contributed by atoms with Gasteiger partial charge in [-0.2, -0.15) is 0 Å². The lowest BCUT2D eigenvalue weighted by molar-refractivity contribution is 0.102. The van der Waals surface area contributed by atoms with Crippen LogP contribution in [0.15, 0.2) is 65.6 Å². The Morgan fingerprint density at radius 3 is 2.31 bits per heavy atom. The number of hydrogen-bond donors (Lipinski definition) is 2. The van der Waals surface area contributed by atoms with E-state index < -0.39 is 10.0 Å². The minimum Gasteiger partial charge on any atom is -0.490 e. The topological polar surface area (TPSA) is 93.7 Å². The zero-order chi connectivity index (χ0) is 22.7. The van der Waals surface area contributed by atoms with Gasteiger partial charge in [-0.1, -0.05) is 12.1 Å². The summed E-state index contributed by atoms with van der Waals surface area (Å²) in [6, 6.07) is 16.6. The van der Waals surface area contributed by atoms with Crippen LogP contribution in [0.1, 0.15) is 27.9 Å². The molecule has 3 aromatic rings. The van der Waals surface area contributed by atoms with Crippen molar-refractivity contribution in [1.29, 1.82) is 0 Å². The molecule has 0 fully saturated rings. The van der Waals surface area contributed by atoms with Gasteiger partial charge in [-0.05, 0) is 67.4 Å². The Hall–Kier alpha value is -3.52. The Morgan fingerprint density at radius 2 is 1.56 bits per heavy atom. The second-order valence-corrected chi connectivity index (χ2v) is 9.23. The van der Waals surface area contributed by atoms with Gasteiger partial charge in [-0.3, -0.25) is 9.52 Å². The van der Waals surface area contributed by atoms with E-state index in [0.29, 0.717) is 41.7 Å². The van der Waals surface area contributed by atoms with Crippen LogP contribution in [-0.2, 0) is 10.0 Å². The fourth-order valence-corrected chi connectivity index (χ4v) is 4.42. The van der Waals surface area contributed by atoms with E-state index in [1.54, 1.807) is 36.4 Å². The van der Waals surface area contributed by atoms with Crippen molar-refractivity contribution in [2.45, 2.75) is 25.2 Å². The van der Waals surface area contributed by atoms with Gasteiger partial charge in [0.05, 0.1) is 18.1 Å². The number of benzene rings is 3. The number of sulfonamides is 1. The molecule has 1 aliphatic rings. The van der Waals surface area contributed by atoms with Crippen LogP contribution in [-0.4, -0.2) is 27.5 Å². The molecule has 0 saturated heterocycles. The number of carbonyl (C=O) groups is 1. The van der Waals surface area contributed by atoms with Gasteiger partial charge >= 0.3 is 0 Å². The molecule has 0 atom stereocenters. The van der Waals surface area contributed by atoms with Gasteiger partial charge in [0.1, 0.15) is 0 Å². The van der Waals surface area contributed by atoms with Crippen LogP contribution in [0.2, 0.25) is 0 Å². The Labute approximate surface area is 187 Å². The number of amides is 1. The smallest absolute Gasteiger partial charge is 0.262 e. The van der Waals surface area contributed by atoms with Crippen LogP contribution in [0.4, 0.5) is 11.4 Å². The summed E-state index contributed by atoms with van der Waals surface area (Å²) < 4.78 is 39.3. The molecular weight excluding hydrogens is 428 g/mol. The third-order valence-electron chi connectivity index (χ3n) is 5.27. The molecule has 2 N–H and O–H groups in total. The highest BCUT2D eigenvalue weighted by Gasteiger charge is 2.19. The molecule has 8 heteroatoms. The van der Waals surface area contributed by atoms with E-state index in [-0.39, 0.29) is 10.8 Å². The van der Waals surface area contributed by atoms with Crippen molar-refractivity contribution in [3.05, 3.63) is 77.4 Å². The van der Waals surface area contributed by atoms with Gasteiger partial charge in [0, 0.05) is 29.4 Å². The van der Waals surface area contributed by atoms with Gasteiger partial charge < -0.3 is 14.8 Å². The summed E-state index contributed by atoms with van der Waals surface area (Å²) in [5.74, 6) is 0.729. The van der Waals surface area contributed by atoms with E-state index in [1.807, 2.05) is 26.0 Å². The average molecular weight is 453 g/mol. The van der Waals surface area contributed by atoms with Gasteiger partial charge in [0.2, 0.25) is 0 Å². The first-order valence-electron chi connectivity index (χ1n) is 10.2. The number of anilines is 2. The number of hydrogen-bond acceptors (Lipinski definition) is 5. The zero-order valence-electron chi connectivity index (χ0n) is 17.8. The number of rotatable bonds is 5. The van der Waals surface area contributed by atoms with Gasteiger partial charge in [-0.15, -0.1) is 0 Å². The SMILES string of the molecule is Cc1cccc(C(=O)Nc2ccc(NS(=O)(=O)c3ccc4c(c3)OCCCO4)cc2)c1C. The molecule has 7 nitrogen and oxygen atoms in total. The van der Waals surface area contributed by atoms with E-state index in [1.165, 1.54) is 12.1 Å². The van der Waals surface area contributed by atoms with Crippen molar-refractivity contribution in [3.63, 3.8) is 0 Å². The van der Waals surface area contributed by atoms with Crippen molar-refractivity contribution >= 4 is 27.3 Å². The largest absolute Gasteiger partial charge is 0.490 e. The van der Waals surface area contributed by atoms with Crippen molar-refractivity contribution < 1.29 is 22.7 Å². The first-order chi connectivity index (χ1) is 15.3. The first-order valence-corrected chi connectivity index (χ1v) is 11.7. The van der Waals surface area contributed by atoms with Gasteiger partial charge in [0.15, 0.2) is 11.5 Å². The van der Waals surface area contributed by atoms with Crippen molar-refractivity contribution in [2.24, 2.45) is 0 Å². The summed E-state index contributed by atoms with van der Waals surface area (Å²) >= 11 is 0. The molecule has 32 heavy (non-hydrogen) atoms. The molecule has 1 amide bonds. The van der Waals surface area contributed by atoms with Crippen LogP contribution in [0.5, 0.6) is 11.5 Å². The monoisotopic (exact) mass is 452 g/mol. The Balaban J connectivity index is 1.47. The summed E-state index contributed by atoms with van der Waals surface area (Å²) in [5, 5.41) is 2.84. The number of ether oxygens (including phenoxy) is 2. The summed E-state index contributed by atoms with van der Waals surface area (Å²) in [7, 11) is -3.82. The molecule has 4 rings (SSSR count). The van der Waals surface area contributed by atoms with E-state index >= 15 is 0 Å². The Kier molecular flexibility index (Phi) is 6.05. The van der Waals surface area contributed by atoms with Crippen LogP contribution in [0, 0.1) is 13.8 Å². The maximum atomic E-state index is 12.8. The van der Waals surface area contributed by atoms with Crippen molar-refractivity contribution in [3.8, 4) is 11.5 Å². The van der Waals surface area contributed by atoms with Crippen LogP contribution >= 0.6 is 0 Å². The lowest BCUT2D eigenvalue weighted by Crippen LogP contribution is -2.15. The Morgan fingerprint density at radius 1 is 0.875 bits per heavy atom. The highest BCUT2D eigenvalue weighted by molar-refractivity contribution is 7.92. The third kappa shape index (κ3) is 4.70. The molecule has 1 heterocycles. The number of nitrogens with one attached hydrogen (secondary N) is 2.